The van der Waals surface area contributed by atoms with Crippen molar-refractivity contribution < 1.29 is 9.18 Å². The van der Waals surface area contributed by atoms with Crippen molar-refractivity contribution in [3.05, 3.63) is 65.0 Å². The van der Waals surface area contributed by atoms with E-state index in [-0.39, 0.29) is 29.4 Å². The summed E-state index contributed by atoms with van der Waals surface area (Å²) in [6.45, 7) is 4.26. The summed E-state index contributed by atoms with van der Waals surface area (Å²) >= 11 is 5.97. The summed E-state index contributed by atoms with van der Waals surface area (Å²) in [4.78, 5) is 19.0. The molecule has 0 spiro atoms. The van der Waals surface area contributed by atoms with Crippen LogP contribution in [0.3, 0.4) is 0 Å². The van der Waals surface area contributed by atoms with Gasteiger partial charge in [0.2, 0.25) is 0 Å². The van der Waals surface area contributed by atoms with Crippen LogP contribution in [0.2, 0.25) is 5.02 Å². The average molecular weight is 407 g/mol. The molecule has 0 radical (unpaired) electrons. The van der Waals surface area contributed by atoms with Gasteiger partial charge in [-0.3, -0.25) is 14.5 Å². The number of carbonyl (C=O) groups excluding carboxylic acids is 1. The summed E-state index contributed by atoms with van der Waals surface area (Å²) in [5.74, 6) is -0.705. The third-order valence-corrected chi connectivity index (χ3v) is 4.69. The summed E-state index contributed by atoms with van der Waals surface area (Å²) in [6.07, 6.45) is 3.40. The van der Waals surface area contributed by atoms with Gasteiger partial charge in [0, 0.05) is 34.7 Å². The smallest absolute Gasteiger partial charge is 0.277 e. The minimum absolute atomic E-state index is 0. The molecule has 0 N–H and O–H groups in total. The highest BCUT2D eigenvalue weighted by molar-refractivity contribution is 6.31. The zero-order valence-electron chi connectivity index (χ0n) is 14.7. The monoisotopic (exact) mass is 406 g/mol. The van der Waals surface area contributed by atoms with Gasteiger partial charge in [-0.05, 0) is 49.7 Å². The van der Waals surface area contributed by atoms with Crippen LogP contribution in [0.5, 0.6) is 0 Å². The topological polar surface area (TPSA) is 51.0 Å². The molecule has 5 nitrogen and oxygen atoms in total. The Bertz CT molecular complexity index is 1000. The SMILES string of the molecule is Cc1cc(-c2cnn3c2C(=O)N(c2cc(F)cc(Cl)c2)C[C@@H]3C)ccn1.Cl. The fourth-order valence-electron chi connectivity index (χ4n) is 3.30. The summed E-state index contributed by atoms with van der Waals surface area (Å²) < 4.78 is 15.5. The minimum atomic E-state index is -0.475. The zero-order chi connectivity index (χ0) is 18.4. The third-order valence-electron chi connectivity index (χ3n) is 4.47. The van der Waals surface area contributed by atoms with Crippen LogP contribution in [-0.4, -0.2) is 27.2 Å². The molecule has 1 amide bonds. The molecule has 0 fully saturated rings. The Balaban J connectivity index is 0.00000210. The molecule has 27 heavy (non-hydrogen) atoms. The molecule has 1 aliphatic rings. The summed E-state index contributed by atoms with van der Waals surface area (Å²) in [5.41, 5.74) is 3.39. The number of halogens is 3. The van der Waals surface area contributed by atoms with Crippen LogP contribution < -0.4 is 4.90 Å². The number of nitrogens with zero attached hydrogens (tertiary/aromatic N) is 4. The number of pyridine rings is 1. The molecule has 0 unspecified atom stereocenters. The molecule has 3 heterocycles. The molecule has 8 heteroatoms. The Morgan fingerprint density at radius 3 is 2.74 bits per heavy atom. The fraction of sp³-hybridized carbons (Fsp3) is 0.211. The Morgan fingerprint density at radius 2 is 2.04 bits per heavy atom. The molecular formula is C19H17Cl2FN4O. The van der Waals surface area contributed by atoms with Crippen LogP contribution in [0.4, 0.5) is 10.1 Å². The lowest BCUT2D eigenvalue weighted by Crippen LogP contribution is -2.42. The summed E-state index contributed by atoms with van der Waals surface area (Å²) in [5, 5.41) is 4.66. The van der Waals surface area contributed by atoms with Crippen molar-refractivity contribution in [1.82, 2.24) is 14.8 Å². The summed E-state index contributed by atoms with van der Waals surface area (Å²) in [7, 11) is 0. The lowest BCUT2D eigenvalue weighted by molar-refractivity contribution is 0.0954. The predicted molar refractivity (Wildman–Crippen MR) is 105 cm³/mol. The Hall–Kier alpha value is -2.44. The van der Waals surface area contributed by atoms with Gasteiger partial charge in [-0.2, -0.15) is 5.10 Å². The lowest BCUT2D eigenvalue weighted by atomic mass is 10.0. The molecule has 1 aromatic carbocycles. The number of amides is 1. The maximum Gasteiger partial charge on any atom is 0.277 e. The fourth-order valence-corrected chi connectivity index (χ4v) is 3.52. The van der Waals surface area contributed by atoms with E-state index in [2.05, 4.69) is 10.1 Å². The van der Waals surface area contributed by atoms with Crippen LogP contribution in [0.25, 0.3) is 11.1 Å². The highest BCUT2D eigenvalue weighted by Crippen LogP contribution is 2.33. The van der Waals surface area contributed by atoms with Crippen molar-refractivity contribution in [2.75, 3.05) is 11.4 Å². The number of carbonyl (C=O) groups is 1. The van der Waals surface area contributed by atoms with Crippen LogP contribution in [0.1, 0.15) is 29.1 Å². The van der Waals surface area contributed by atoms with Gasteiger partial charge in [-0.25, -0.2) is 4.39 Å². The molecular weight excluding hydrogens is 390 g/mol. The zero-order valence-corrected chi connectivity index (χ0v) is 16.3. The van der Waals surface area contributed by atoms with E-state index in [1.165, 1.54) is 12.1 Å². The Labute approximate surface area is 167 Å². The quantitative estimate of drug-likeness (QED) is 0.620. The van der Waals surface area contributed by atoms with Crippen molar-refractivity contribution in [3.8, 4) is 11.1 Å². The average Bonchev–Trinajstić information content (AvgIpc) is 3.03. The van der Waals surface area contributed by atoms with E-state index in [9.17, 15) is 9.18 Å². The molecule has 0 bridgehead atoms. The number of anilines is 1. The van der Waals surface area contributed by atoms with Gasteiger partial charge in [-0.15, -0.1) is 12.4 Å². The highest BCUT2D eigenvalue weighted by atomic mass is 35.5. The van der Waals surface area contributed by atoms with E-state index in [0.29, 0.717) is 17.9 Å². The molecule has 1 atom stereocenters. The molecule has 0 saturated carbocycles. The number of benzene rings is 1. The van der Waals surface area contributed by atoms with Gasteiger partial charge in [0.15, 0.2) is 0 Å². The third kappa shape index (κ3) is 3.42. The van der Waals surface area contributed by atoms with Gasteiger partial charge in [-0.1, -0.05) is 11.6 Å². The van der Waals surface area contributed by atoms with Crippen molar-refractivity contribution in [3.63, 3.8) is 0 Å². The second-order valence-corrected chi connectivity index (χ2v) is 6.87. The number of rotatable bonds is 2. The van der Waals surface area contributed by atoms with Gasteiger partial charge >= 0.3 is 0 Å². The molecule has 2 aromatic heterocycles. The van der Waals surface area contributed by atoms with E-state index in [1.54, 1.807) is 28.0 Å². The largest absolute Gasteiger partial charge is 0.305 e. The van der Waals surface area contributed by atoms with E-state index in [1.807, 2.05) is 26.0 Å². The first-order chi connectivity index (χ1) is 12.4. The number of hydrogen-bond acceptors (Lipinski definition) is 3. The maximum absolute atomic E-state index is 13.8. The Morgan fingerprint density at radius 1 is 1.26 bits per heavy atom. The van der Waals surface area contributed by atoms with Crippen LogP contribution in [-0.2, 0) is 0 Å². The number of hydrogen-bond donors (Lipinski definition) is 0. The normalized spacial score (nSPS) is 16.1. The standard InChI is InChI=1S/C19H16ClFN4O.ClH/c1-11-5-13(3-4-22-11)17-9-23-25-12(2)10-24(19(26)18(17)25)16-7-14(20)6-15(21)8-16;/h3-9,12H,10H2,1-2H3;1H/t12-;/m0./s1. The molecule has 0 saturated heterocycles. The molecule has 0 aliphatic carbocycles. The second-order valence-electron chi connectivity index (χ2n) is 6.43. The van der Waals surface area contributed by atoms with Gasteiger partial charge in [0.1, 0.15) is 11.5 Å². The molecule has 3 aromatic rings. The number of fused-ring (bicyclic) bond motifs is 1. The molecule has 4 rings (SSSR count). The van der Waals surface area contributed by atoms with E-state index < -0.39 is 5.82 Å². The van der Waals surface area contributed by atoms with E-state index in [4.69, 9.17) is 11.6 Å². The number of aromatic nitrogens is 3. The van der Waals surface area contributed by atoms with Gasteiger partial charge in [0.05, 0.1) is 12.2 Å². The first-order valence-electron chi connectivity index (χ1n) is 8.22. The van der Waals surface area contributed by atoms with Gasteiger partial charge in [0.25, 0.3) is 5.91 Å². The second kappa shape index (κ2) is 7.29. The molecule has 1 aliphatic heterocycles. The first-order valence-corrected chi connectivity index (χ1v) is 8.60. The maximum atomic E-state index is 13.8. The molecule has 140 valence electrons. The van der Waals surface area contributed by atoms with Crippen molar-refractivity contribution in [2.24, 2.45) is 0 Å². The highest BCUT2D eigenvalue weighted by Gasteiger charge is 2.34. The predicted octanol–water partition coefficient (Wildman–Crippen LogP) is 4.69. The first kappa shape index (κ1) is 19.3. The van der Waals surface area contributed by atoms with E-state index >= 15 is 0 Å². The van der Waals surface area contributed by atoms with Crippen molar-refractivity contribution >= 4 is 35.6 Å². The summed E-state index contributed by atoms with van der Waals surface area (Å²) in [6, 6.07) is 7.84. The number of aryl methyl sites for hydroxylation is 1. The van der Waals surface area contributed by atoms with Crippen LogP contribution in [0.15, 0.2) is 42.7 Å². The van der Waals surface area contributed by atoms with Crippen LogP contribution in [0, 0.1) is 12.7 Å². The van der Waals surface area contributed by atoms with Crippen molar-refractivity contribution in [2.45, 2.75) is 19.9 Å². The Kier molecular flexibility index (Phi) is 5.22. The van der Waals surface area contributed by atoms with E-state index in [0.717, 1.165) is 16.8 Å². The lowest BCUT2D eigenvalue weighted by Gasteiger charge is -2.32. The minimum Gasteiger partial charge on any atom is -0.305 e. The van der Waals surface area contributed by atoms with Crippen molar-refractivity contribution in [1.29, 1.82) is 0 Å². The van der Waals surface area contributed by atoms with Crippen LogP contribution >= 0.6 is 24.0 Å². The van der Waals surface area contributed by atoms with Gasteiger partial charge < -0.3 is 4.90 Å².